The molecule has 3 rings (SSSR count). The van der Waals surface area contributed by atoms with Gasteiger partial charge in [0.05, 0.1) is 45.2 Å². The number of aromatic nitrogens is 2. The van der Waals surface area contributed by atoms with Crippen molar-refractivity contribution < 1.29 is 17.4 Å². The fraction of sp³-hybridized carbons (Fsp3) is 0.417. The van der Waals surface area contributed by atoms with Crippen LogP contribution in [0, 0.1) is 0 Å². The monoisotopic (exact) mass is 547 g/mol. The van der Waals surface area contributed by atoms with Crippen molar-refractivity contribution in [2.24, 2.45) is 0 Å². The molecule has 35 heavy (non-hydrogen) atoms. The van der Waals surface area contributed by atoms with Crippen molar-refractivity contribution in [3.63, 3.8) is 0 Å². The molecular weight excluding hydrogens is 522 g/mol. The number of hydrogen-bond donors (Lipinski definition) is 0. The minimum Gasteiger partial charge on any atom is -0.299 e. The summed E-state index contributed by atoms with van der Waals surface area (Å²) >= 11 is 12.6. The molecule has 0 radical (unpaired) electrons. The van der Waals surface area contributed by atoms with E-state index in [1.54, 1.807) is 25.1 Å². The maximum Gasteiger partial charge on any atom is 0.416 e. The van der Waals surface area contributed by atoms with Gasteiger partial charge >= 0.3 is 6.18 Å². The average molecular weight is 548 g/mol. The summed E-state index contributed by atoms with van der Waals surface area (Å²) in [6.07, 6.45) is -2.68. The molecule has 0 aliphatic heterocycles. The normalized spacial score (nSPS) is 13.1. The van der Waals surface area contributed by atoms with Crippen LogP contribution in [0.2, 0.25) is 10.0 Å². The second-order valence-electron chi connectivity index (χ2n) is 8.04. The zero-order valence-corrected chi connectivity index (χ0v) is 21.9. The van der Waals surface area contributed by atoms with Gasteiger partial charge in [-0.2, -0.15) is 13.2 Å². The Morgan fingerprint density at radius 2 is 1.86 bits per heavy atom. The minimum atomic E-state index is -4.70. The molecule has 0 amide bonds. The molecule has 3 aromatic rings. The summed E-state index contributed by atoms with van der Waals surface area (Å²) in [6.45, 7) is 6.67. The molecule has 0 saturated heterocycles. The molecule has 1 unspecified atom stereocenters. The van der Waals surface area contributed by atoms with Gasteiger partial charge in [0, 0.05) is 22.2 Å². The van der Waals surface area contributed by atoms with Gasteiger partial charge in [0.15, 0.2) is 0 Å². The van der Waals surface area contributed by atoms with Crippen LogP contribution in [0.25, 0.3) is 10.9 Å². The van der Waals surface area contributed by atoms with Gasteiger partial charge in [-0.15, -0.1) is 0 Å². The number of benzene rings is 2. The number of rotatable bonds is 9. The van der Waals surface area contributed by atoms with Gasteiger partial charge in [-0.25, -0.2) is 4.98 Å². The molecule has 190 valence electrons. The van der Waals surface area contributed by atoms with Gasteiger partial charge in [-0.1, -0.05) is 44.0 Å². The molecule has 0 spiro atoms. The Bertz CT molecular complexity index is 1310. The molecule has 11 heteroatoms. The highest BCUT2D eigenvalue weighted by molar-refractivity contribution is 7.85. The van der Waals surface area contributed by atoms with Crippen LogP contribution in [-0.2, 0) is 30.1 Å². The first-order chi connectivity index (χ1) is 16.5. The smallest absolute Gasteiger partial charge is 0.299 e. The molecule has 0 saturated carbocycles. The second kappa shape index (κ2) is 11.4. The Morgan fingerprint density at radius 1 is 1.14 bits per heavy atom. The maximum absolute atomic E-state index is 14.0. The van der Waals surface area contributed by atoms with Crippen molar-refractivity contribution in [3.05, 3.63) is 67.7 Å². The van der Waals surface area contributed by atoms with E-state index in [1.165, 1.54) is 10.9 Å². The van der Waals surface area contributed by atoms with Crippen LogP contribution in [0.5, 0.6) is 0 Å². The molecule has 0 N–H and O–H groups in total. The summed E-state index contributed by atoms with van der Waals surface area (Å²) in [7, 11) is -1.32. The third-order valence-corrected chi connectivity index (χ3v) is 7.76. The Labute approximate surface area is 214 Å². The van der Waals surface area contributed by atoms with Crippen molar-refractivity contribution in [2.75, 3.05) is 18.8 Å². The van der Waals surface area contributed by atoms with Crippen LogP contribution >= 0.6 is 23.2 Å². The first-order valence-corrected chi connectivity index (χ1v) is 13.3. The molecule has 0 fully saturated rings. The summed E-state index contributed by atoms with van der Waals surface area (Å²) in [5.41, 5.74) is -1.17. The summed E-state index contributed by atoms with van der Waals surface area (Å²) in [4.78, 5) is 19.9. The number of nitrogens with zero attached hydrogens (tertiary/aromatic N) is 3. The van der Waals surface area contributed by atoms with Gasteiger partial charge in [0.25, 0.3) is 5.56 Å². The van der Waals surface area contributed by atoms with E-state index < -0.39 is 28.1 Å². The fourth-order valence-electron chi connectivity index (χ4n) is 3.94. The lowest BCUT2D eigenvalue weighted by Crippen LogP contribution is -2.27. The highest BCUT2D eigenvalue weighted by Gasteiger charge is 2.36. The highest BCUT2D eigenvalue weighted by Crippen LogP contribution is 2.38. The average Bonchev–Trinajstić information content (AvgIpc) is 2.80. The number of fused-ring (bicyclic) bond motifs is 1. The lowest BCUT2D eigenvalue weighted by atomic mass is 10.0. The van der Waals surface area contributed by atoms with Gasteiger partial charge in [-0.3, -0.25) is 18.5 Å². The third-order valence-electron chi connectivity index (χ3n) is 5.70. The Hall–Kier alpha value is -1.94. The molecule has 0 aliphatic rings. The van der Waals surface area contributed by atoms with E-state index in [2.05, 4.69) is 4.98 Å². The lowest BCUT2D eigenvalue weighted by molar-refractivity contribution is -0.138. The Balaban J connectivity index is 2.18. The predicted molar refractivity (Wildman–Crippen MR) is 135 cm³/mol. The fourth-order valence-corrected chi connectivity index (χ4v) is 5.40. The molecule has 1 aromatic heterocycles. The van der Waals surface area contributed by atoms with E-state index in [9.17, 15) is 22.2 Å². The summed E-state index contributed by atoms with van der Waals surface area (Å²) in [5.74, 6) is 0.361. The molecular formula is C24H26Cl2F3N3O2S. The van der Waals surface area contributed by atoms with Crippen LogP contribution < -0.4 is 5.56 Å². The van der Waals surface area contributed by atoms with Crippen molar-refractivity contribution in [1.29, 1.82) is 0 Å². The zero-order valence-electron chi connectivity index (χ0n) is 19.6. The van der Waals surface area contributed by atoms with Crippen molar-refractivity contribution >= 4 is 44.9 Å². The summed E-state index contributed by atoms with van der Waals surface area (Å²) < 4.78 is 55.8. The molecule has 1 atom stereocenters. The van der Waals surface area contributed by atoms with Crippen LogP contribution in [0.15, 0.2) is 40.3 Å². The zero-order chi connectivity index (χ0) is 25.9. The van der Waals surface area contributed by atoms with Gasteiger partial charge < -0.3 is 0 Å². The summed E-state index contributed by atoms with van der Waals surface area (Å²) in [5, 5.41) is -0.0188. The highest BCUT2D eigenvalue weighted by atomic mass is 35.5. The second-order valence-corrected chi connectivity index (χ2v) is 10.6. The number of hydrogen-bond acceptors (Lipinski definition) is 4. The van der Waals surface area contributed by atoms with E-state index >= 15 is 0 Å². The van der Waals surface area contributed by atoms with Gasteiger partial charge in [0.1, 0.15) is 0 Å². The predicted octanol–water partition coefficient (Wildman–Crippen LogP) is 6.13. The standard InChI is InChI=1S/C24H26Cl2F3N3O2S/c1-4-9-31(5-2)13-18-19(24(27,28)29)11-17-22(21(18)26)30-14-32(23(17)33)12-15-10-16(25)7-8-20(15)35(34)6-3/h7-8,10-11,14H,4-6,9,12-13H2,1-3H3. The van der Waals surface area contributed by atoms with Gasteiger partial charge in [-0.05, 0) is 54.9 Å². The largest absolute Gasteiger partial charge is 0.416 e. The van der Waals surface area contributed by atoms with E-state index in [4.69, 9.17) is 23.2 Å². The topological polar surface area (TPSA) is 55.2 Å². The van der Waals surface area contributed by atoms with Crippen LogP contribution in [-0.4, -0.2) is 37.5 Å². The lowest BCUT2D eigenvalue weighted by Gasteiger charge is -2.23. The third kappa shape index (κ3) is 6.07. The van der Waals surface area contributed by atoms with Crippen LogP contribution in [0.4, 0.5) is 13.2 Å². The Kier molecular flexibility index (Phi) is 9.01. The van der Waals surface area contributed by atoms with Crippen molar-refractivity contribution in [2.45, 2.75) is 51.4 Å². The van der Waals surface area contributed by atoms with E-state index in [-0.39, 0.29) is 34.6 Å². The van der Waals surface area contributed by atoms with Crippen LogP contribution in [0.1, 0.15) is 43.9 Å². The first kappa shape index (κ1) is 27.6. The molecule has 2 aromatic carbocycles. The van der Waals surface area contributed by atoms with Crippen molar-refractivity contribution in [3.8, 4) is 0 Å². The SMILES string of the molecule is CCCN(CC)Cc1c(C(F)(F)F)cc2c(=O)n(Cc3cc(Cl)ccc3S(=O)CC)cnc2c1Cl. The summed E-state index contributed by atoms with van der Waals surface area (Å²) in [6, 6.07) is 5.65. The molecule has 0 aliphatic carbocycles. The molecule has 5 nitrogen and oxygen atoms in total. The van der Waals surface area contributed by atoms with Crippen LogP contribution in [0.3, 0.4) is 0 Å². The van der Waals surface area contributed by atoms with Gasteiger partial charge in [0.2, 0.25) is 0 Å². The molecule has 1 heterocycles. The number of alkyl halides is 3. The van der Waals surface area contributed by atoms with E-state index in [1.807, 2.05) is 18.7 Å². The minimum absolute atomic E-state index is 0.00652. The Morgan fingerprint density at radius 3 is 2.46 bits per heavy atom. The van der Waals surface area contributed by atoms with E-state index in [0.717, 1.165) is 12.5 Å². The number of halogens is 5. The van der Waals surface area contributed by atoms with E-state index in [0.29, 0.717) is 34.3 Å². The van der Waals surface area contributed by atoms with Crippen molar-refractivity contribution in [1.82, 2.24) is 14.5 Å². The first-order valence-electron chi connectivity index (χ1n) is 11.2. The molecule has 0 bridgehead atoms. The maximum atomic E-state index is 14.0. The quantitative estimate of drug-likeness (QED) is 0.323.